The minimum atomic E-state index is -0.0978. The van der Waals surface area contributed by atoms with E-state index in [-0.39, 0.29) is 18.6 Å². The first-order chi connectivity index (χ1) is 16.4. The van der Waals surface area contributed by atoms with Crippen molar-refractivity contribution in [1.29, 1.82) is 0 Å². The molecule has 1 aliphatic heterocycles. The number of nitrogen functional groups attached to an aromatic ring is 1. The molecule has 0 bridgehead atoms. The number of nitrogens with zero attached hydrogens (tertiary/aromatic N) is 5. The number of halogens is 2. The lowest BCUT2D eigenvalue weighted by atomic mass is 10.1. The van der Waals surface area contributed by atoms with Crippen molar-refractivity contribution in [3.8, 4) is 5.75 Å². The second kappa shape index (κ2) is 11.0. The van der Waals surface area contributed by atoms with Gasteiger partial charge in [0.1, 0.15) is 6.61 Å². The third-order valence-corrected chi connectivity index (χ3v) is 6.55. The summed E-state index contributed by atoms with van der Waals surface area (Å²) in [6, 6.07) is 9.71. The van der Waals surface area contributed by atoms with Gasteiger partial charge in [0, 0.05) is 48.7 Å². The molecule has 0 radical (unpaired) electrons. The smallest absolute Gasteiger partial charge is 0.321 e. The largest absolute Gasteiger partial charge is 0.483 e. The number of urea groups is 1. The molecule has 2 aromatic heterocycles. The molecule has 0 aliphatic carbocycles. The van der Waals surface area contributed by atoms with Gasteiger partial charge >= 0.3 is 6.03 Å². The third kappa shape index (κ3) is 5.95. The molecule has 2 amide bonds. The van der Waals surface area contributed by atoms with Crippen LogP contribution in [0.1, 0.15) is 18.2 Å². The Morgan fingerprint density at radius 3 is 2.71 bits per heavy atom. The molecule has 1 aromatic carbocycles. The number of amides is 2. The lowest BCUT2D eigenvalue weighted by molar-refractivity contribution is 0.208. The van der Waals surface area contributed by atoms with Crippen LogP contribution in [-0.4, -0.2) is 52.1 Å². The number of benzene rings is 1. The average Bonchev–Trinajstić information content (AvgIpc) is 2.85. The van der Waals surface area contributed by atoms with Gasteiger partial charge < -0.3 is 25.6 Å². The summed E-state index contributed by atoms with van der Waals surface area (Å²) in [6.07, 6.45) is 4.26. The quantitative estimate of drug-likeness (QED) is 0.436. The van der Waals surface area contributed by atoms with Gasteiger partial charge in [-0.15, -0.1) is 0 Å². The van der Waals surface area contributed by atoms with E-state index in [0.29, 0.717) is 37.6 Å². The summed E-state index contributed by atoms with van der Waals surface area (Å²) in [5.41, 5.74) is 8.35. The Kier molecular flexibility index (Phi) is 7.84. The number of piperazine rings is 1. The zero-order chi connectivity index (χ0) is 24.1. The minimum Gasteiger partial charge on any atom is -0.483 e. The highest BCUT2D eigenvalue weighted by Crippen LogP contribution is 2.31. The Labute approximate surface area is 215 Å². The van der Waals surface area contributed by atoms with Crippen LogP contribution in [0.3, 0.4) is 0 Å². The number of carbonyl (C=O) groups excluding carboxylic acids is 1. The highest BCUT2D eigenvalue weighted by atomic mass is 79.9. The van der Waals surface area contributed by atoms with Crippen molar-refractivity contribution in [3.63, 3.8) is 0 Å². The minimum absolute atomic E-state index is 0.0978. The molecule has 0 atom stereocenters. The number of ether oxygens (including phenoxy) is 1. The Morgan fingerprint density at radius 1 is 1.15 bits per heavy atom. The summed E-state index contributed by atoms with van der Waals surface area (Å²) in [7, 11) is 0. The molecule has 3 N–H and O–H groups in total. The number of anilines is 3. The van der Waals surface area contributed by atoms with Crippen molar-refractivity contribution in [1.82, 2.24) is 19.9 Å². The Hall–Kier alpha value is -2.92. The van der Waals surface area contributed by atoms with Crippen LogP contribution in [0.2, 0.25) is 0 Å². The zero-order valence-electron chi connectivity index (χ0n) is 18.7. The van der Waals surface area contributed by atoms with E-state index in [1.807, 2.05) is 29.2 Å². The van der Waals surface area contributed by atoms with E-state index in [1.165, 1.54) is 5.56 Å². The van der Waals surface area contributed by atoms with Crippen LogP contribution in [0.4, 0.5) is 22.2 Å². The van der Waals surface area contributed by atoms with Gasteiger partial charge in [-0.3, -0.25) is 0 Å². The second-order valence-electron chi connectivity index (χ2n) is 7.74. The molecule has 3 aromatic rings. The number of carbonyl (C=O) groups is 1. The maximum absolute atomic E-state index is 12.8. The maximum Gasteiger partial charge on any atom is 0.321 e. The summed E-state index contributed by atoms with van der Waals surface area (Å²) >= 11 is 6.89. The molecule has 1 aliphatic rings. The molecule has 0 saturated carbocycles. The standard InChI is InChI=1S/C23H25Br2N7O2/c1-2-15-4-3-5-17(10-15)29-23(33)32-8-6-31(7-9-32)21-20(11-16(24)12-27-21)34-14-19-18(25)13-28-22(26)30-19/h3-5,10-13H,2,6-9,14H2,1H3,(H,29,33)(H2,26,28,30). The van der Waals surface area contributed by atoms with Crippen LogP contribution in [0.25, 0.3) is 0 Å². The number of nitrogens with two attached hydrogens (primary N) is 1. The summed E-state index contributed by atoms with van der Waals surface area (Å²) in [5, 5.41) is 3.00. The number of pyridine rings is 1. The first kappa shape index (κ1) is 24.2. The zero-order valence-corrected chi connectivity index (χ0v) is 21.8. The predicted octanol–water partition coefficient (Wildman–Crippen LogP) is 4.47. The van der Waals surface area contributed by atoms with Gasteiger partial charge in [-0.25, -0.2) is 19.7 Å². The van der Waals surface area contributed by atoms with Crippen molar-refractivity contribution >= 4 is 55.3 Å². The van der Waals surface area contributed by atoms with Gasteiger partial charge in [-0.2, -0.15) is 0 Å². The molecule has 0 spiro atoms. The van der Waals surface area contributed by atoms with Gasteiger partial charge in [-0.1, -0.05) is 19.1 Å². The first-order valence-corrected chi connectivity index (χ1v) is 12.5. The predicted molar refractivity (Wildman–Crippen MR) is 139 cm³/mol. The Morgan fingerprint density at radius 2 is 1.94 bits per heavy atom. The molecule has 1 saturated heterocycles. The SMILES string of the molecule is CCc1cccc(NC(=O)N2CCN(c3ncc(Br)cc3OCc3nc(N)ncc3Br)CC2)c1. The Bertz CT molecular complexity index is 1170. The monoisotopic (exact) mass is 589 g/mol. The van der Waals surface area contributed by atoms with Gasteiger partial charge in [0.2, 0.25) is 5.95 Å². The number of rotatable bonds is 6. The lowest BCUT2D eigenvalue weighted by Gasteiger charge is -2.36. The second-order valence-corrected chi connectivity index (χ2v) is 9.51. The summed E-state index contributed by atoms with van der Waals surface area (Å²) in [6.45, 7) is 4.72. The van der Waals surface area contributed by atoms with Crippen molar-refractivity contribution in [2.24, 2.45) is 0 Å². The average molecular weight is 591 g/mol. The van der Waals surface area contributed by atoms with E-state index in [1.54, 1.807) is 12.4 Å². The maximum atomic E-state index is 12.8. The molecule has 11 heteroatoms. The van der Waals surface area contributed by atoms with Crippen molar-refractivity contribution < 1.29 is 9.53 Å². The van der Waals surface area contributed by atoms with Gasteiger partial charge in [0.15, 0.2) is 11.6 Å². The van der Waals surface area contributed by atoms with Gasteiger partial charge in [-0.05, 0) is 62.0 Å². The number of aromatic nitrogens is 3. The van der Waals surface area contributed by atoms with Crippen LogP contribution in [-0.2, 0) is 13.0 Å². The van der Waals surface area contributed by atoms with Crippen LogP contribution in [0.5, 0.6) is 5.75 Å². The molecule has 1 fully saturated rings. The van der Waals surface area contributed by atoms with E-state index < -0.39 is 0 Å². The van der Waals surface area contributed by atoms with Gasteiger partial charge in [0.05, 0.1) is 10.2 Å². The van der Waals surface area contributed by atoms with E-state index >= 15 is 0 Å². The van der Waals surface area contributed by atoms with E-state index in [4.69, 9.17) is 10.5 Å². The topological polar surface area (TPSA) is 110 Å². The summed E-state index contributed by atoms with van der Waals surface area (Å²) in [5.74, 6) is 1.52. The van der Waals surface area contributed by atoms with E-state index in [9.17, 15) is 4.79 Å². The molecular formula is C23H25Br2N7O2. The van der Waals surface area contributed by atoms with Crippen molar-refractivity contribution in [3.05, 3.63) is 62.9 Å². The van der Waals surface area contributed by atoms with Crippen LogP contribution in [0.15, 0.2) is 51.7 Å². The molecule has 0 unspecified atom stereocenters. The number of nitrogens with one attached hydrogen (secondary N) is 1. The van der Waals surface area contributed by atoms with E-state index in [0.717, 1.165) is 26.9 Å². The Balaban J connectivity index is 1.40. The fourth-order valence-electron chi connectivity index (χ4n) is 3.62. The van der Waals surface area contributed by atoms with E-state index in [2.05, 4.69) is 70.0 Å². The molecular weight excluding hydrogens is 566 g/mol. The molecule has 3 heterocycles. The summed E-state index contributed by atoms with van der Waals surface area (Å²) in [4.78, 5) is 29.5. The third-order valence-electron chi connectivity index (χ3n) is 5.45. The van der Waals surface area contributed by atoms with Crippen molar-refractivity contribution in [2.75, 3.05) is 42.1 Å². The van der Waals surface area contributed by atoms with Gasteiger partial charge in [0.25, 0.3) is 0 Å². The summed E-state index contributed by atoms with van der Waals surface area (Å²) < 4.78 is 7.59. The van der Waals surface area contributed by atoms with Crippen molar-refractivity contribution in [2.45, 2.75) is 20.0 Å². The highest BCUT2D eigenvalue weighted by molar-refractivity contribution is 9.10. The fourth-order valence-corrected chi connectivity index (χ4v) is 4.23. The highest BCUT2D eigenvalue weighted by Gasteiger charge is 2.24. The molecule has 4 rings (SSSR count). The fraction of sp³-hybridized carbons (Fsp3) is 0.304. The van der Waals surface area contributed by atoms with Crippen LogP contribution >= 0.6 is 31.9 Å². The van der Waals surface area contributed by atoms with Crippen LogP contribution in [0, 0.1) is 0 Å². The molecule has 34 heavy (non-hydrogen) atoms. The molecule has 9 nitrogen and oxygen atoms in total. The normalized spacial score (nSPS) is 13.6. The number of hydrogen-bond acceptors (Lipinski definition) is 7. The lowest BCUT2D eigenvalue weighted by Crippen LogP contribution is -2.50. The van der Waals surface area contributed by atoms with Crippen LogP contribution < -0.4 is 20.7 Å². The molecule has 178 valence electrons. The number of hydrogen-bond donors (Lipinski definition) is 2. The first-order valence-electron chi connectivity index (χ1n) is 10.9. The number of aryl methyl sites for hydroxylation is 1.